The number of hydrogen-bond acceptors (Lipinski definition) is 2. The molecule has 0 radical (unpaired) electrons. The van der Waals surface area contributed by atoms with E-state index in [4.69, 9.17) is 5.73 Å². The normalized spacial score (nSPS) is 26.3. The summed E-state index contributed by atoms with van der Waals surface area (Å²) >= 11 is 0. The quantitative estimate of drug-likeness (QED) is 0.819. The average Bonchev–Trinajstić information content (AvgIpc) is 2.37. The van der Waals surface area contributed by atoms with Gasteiger partial charge in [-0.25, -0.2) is 8.78 Å². The average molecular weight is 282 g/mol. The second kappa shape index (κ2) is 5.77. The van der Waals surface area contributed by atoms with Gasteiger partial charge >= 0.3 is 0 Å². The van der Waals surface area contributed by atoms with Crippen LogP contribution in [0.5, 0.6) is 0 Å². The fourth-order valence-corrected chi connectivity index (χ4v) is 2.87. The van der Waals surface area contributed by atoms with E-state index in [2.05, 4.69) is 19.2 Å². The highest BCUT2D eigenvalue weighted by molar-refractivity contribution is 5.95. The molecular weight excluding hydrogens is 262 g/mol. The van der Waals surface area contributed by atoms with Gasteiger partial charge in [-0.05, 0) is 37.2 Å². The van der Waals surface area contributed by atoms with Crippen LogP contribution in [-0.2, 0) is 0 Å². The molecule has 1 aliphatic carbocycles. The third kappa shape index (κ3) is 3.08. The molecule has 1 amide bonds. The van der Waals surface area contributed by atoms with Crippen molar-refractivity contribution >= 4 is 11.6 Å². The molecule has 3 N–H and O–H groups in total. The van der Waals surface area contributed by atoms with Crippen LogP contribution in [-0.4, -0.2) is 11.9 Å². The van der Waals surface area contributed by atoms with Crippen molar-refractivity contribution in [2.24, 2.45) is 11.8 Å². The lowest BCUT2D eigenvalue weighted by Crippen LogP contribution is -2.42. The van der Waals surface area contributed by atoms with Crippen LogP contribution >= 0.6 is 0 Å². The molecule has 0 saturated heterocycles. The topological polar surface area (TPSA) is 55.1 Å². The monoisotopic (exact) mass is 282 g/mol. The fraction of sp³-hybridized carbons (Fsp3) is 0.533. The van der Waals surface area contributed by atoms with Crippen molar-refractivity contribution in [3.05, 3.63) is 29.3 Å². The summed E-state index contributed by atoms with van der Waals surface area (Å²) < 4.78 is 26.7. The van der Waals surface area contributed by atoms with E-state index >= 15 is 0 Å². The second-order valence-corrected chi connectivity index (χ2v) is 5.83. The Kier molecular flexibility index (Phi) is 4.26. The molecule has 1 fully saturated rings. The minimum Gasteiger partial charge on any atom is -0.396 e. The lowest BCUT2D eigenvalue weighted by atomic mass is 9.80. The van der Waals surface area contributed by atoms with Gasteiger partial charge in [-0.2, -0.15) is 0 Å². The first-order valence-corrected chi connectivity index (χ1v) is 6.94. The van der Waals surface area contributed by atoms with Gasteiger partial charge in [0.2, 0.25) is 0 Å². The molecule has 3 nitrogen and oxygen atoms in total. The van der Waals surface area contributed by atoms with E-state index in [9.17, 15) is 13.6 Å². The number of nitrogens with one attached hydrogen (secondary N) is 1. The second-order valence-electron chi connectivity index (χ2n) is 5.83. The highest BCUT2D eigenvalue weighted by Gasteiger charge is 2.27. The number of hydrogen-bond donors (Lipinski definition) is 2. The van der Waals surface area contributed by atoms with Crippen LogP contribution in [0.15, 0.2) is 12.1 Å². The smallest absolute Gasteiger partial charge is 0.254 e. The molecule has 3 atom stereocenters. The van der Waals surface area contributed by atoms with E-state index in [-0.39, 0.29) is 17.3 Å². The lowest BCUT2D eigenvalue weighted by molar-refractivity contribution is 0.0895. The van der Waals surface area contributed by atoms with Crippen molar-refractivity contribution in [1.82, 2.24) is 5.32 Å². The van der Waals surface area contributed by atoms with Crippen LogP contribution < -0.4 is 11.1 Å². The van der Waals surface area contributed by atoms with Gasteiger partial charge in [0.15, 0.2) is 0 Å². The summed E-state index contributed by atoms with van der Waals surface area (Å²) in [6, 6.07) is 1.73. The molecule has 5 heteroatoms. The van der Waals surface area contributed by atoms with Gasteiger partial charge < -0.3 is 11.1 Å². The molecule has 3 unspecified atom stereocenters. The molecule has 1 aliphatic rings. The van der Waals surface area contributed by atoms with E-state index in [0.717, 1.165) is 25.3 Å². The summed E-state index contributed by atoms with van der Waals surface area (Å²) in [6.45, 7) is 4.27. The van der Waals surface area contributed by atoms with Gasteiger partial charge in [0.05, 0.1) is 11.3 Å². The molecular formula is C15H20F2N2O. The standard InChI is InChI=1S/C15H20F2N2O/c1-8-3-4-14(9(2)5-8)19-15(20)10-6-13(18)12(17)7-11(10)16/h6-9,14H,3-5,18H2,1-2H3,(H,19,20). The first kappa shape index (κ1) is 14.8. The Labute approximate surface area is 117 Å². The van der Waals surface area contributed by atoms with E-state index in [1.807, 2.05) is 0 Å². The Bertz CT molecular complexity index is 519. The van der Waals surface area contributed by atoms with E-state index in [1.54, 1.807) is 0 Å². The molecule has 0 aliphatic heterocycles. The maximum absolute atomic E-state index is 13.6. The summed E-state index contributed by atoms with van der Waals surface area (Å²) in [6.07, 6.45) is 2.97. The molecule has 2 rings (SSSR count). The van der Waals surface area contributed by atoms with Crippen molar-refractivity contribution in [3.8, 4) is 0 Å². The number of carbonyl (C=O) groups excluding carboxylic acids is 1. The molecule has 0 spiro atoms. The first-order valence-electron chi connectivity index (χ1n) is 6.94. The van der Waals surface area contributed by atoms with Crippen molar-refractivity contribution in [2.45, 2.75) is 39.2 Å². The van der Waals surface area contributed by atoms with Gasteiger partial charge in [-0.1, -0.05) is 13.8 Å². The Morgan fingerprint density at radius 1 is 1.25 bits per heavy atom. The van der Waals surface area contributed by atoms with Crippen LogP contribution in [0, 0.1) is 23.5 Å². The van der Waals surface area contributed by atoms with Gasteiger partial charge in [0.1, 0.15) is 11.6 Å². The van der Waals surface area contributed by atoms with Gasteiger partial charge in [-0.3, -0.25) is 4.79 Å². The summed E-state index contributed by atoms with van der Waals surface area (Å²) in [5.41, 5.74) is 4.96. The molecule has 110 valence electrons. The predicted octanol–water partition coefficient (Wildman–Crippen LogP) is 3.10. The number of nitrogens with two attached hydrogens (primary N) is 1. The van der Waals surface area contributed by atoms with Crippen LogP contribution in [0.4, 0.5) is 14.5 Å². The number of rotatable bonds is 2. The lowest BCUT2D eigenvalue weighted by Gasteiger charge is -2.33. The Hall–Kier alpha value is -1.65. The molecule has 1 aromatic rings. The number of anilines is 1. The van der Waals surface area contributed by atoms with E-state index in [1.165, 1.54) is 0 Å². The number of amides is 1. The van der Waals surface area contributed by atoms with Crippen molar-refractivity contribution in [3.63, 3.8) is 0 Å². The van der Waals surface area contributed by atoms with Crippen LogP contribution in [0.25, 0.3) is 0 Å². The van der Waals surface area contributed by atoms with Gasteiger partial charge in [0.25, 0.3) is 5.91 Å². The highest BCUT2D eigenvalue weighted by atomic mass is 19.1. The zero-order valence-electron chi connectivity index (χ0n) is 11.7. The molecule has 0 bridgehead atoms. The fourth-order valence-electron chi connectivity index (χ4n) is 2.87. The van der Waals surface area contributed by atoms with Gasteiger partial charge in [0, 0.05) is 12.1 Å². The zero-order chi connectivity index (χ0) is 14.9. The van der Waals surface area contributed by atoms with Gasteiger partial charge in [-0.15, -0.1) is 0 Å². The van der Waals surface area contributed by atoms with Crippen LogP contribution in [0.1, 0.15) is 43.5 Å². The van der Waals surface area contributed by atoms with Crippen molar-refractivity contribution in [1.29, 1.82) is 0 Å². The number of benzene rings is 1. The molecule has 1 aromatic carbocycles. The predicted molar refractivity (Wildman–Crippen MR) is 74.2 cm³/mol. The third-order valence-electron chi connectivity index (χ3n) is 4.08. The maximum atomic E-state index is 13.6. The Morgan fingerprint density at radius 3 is 2.60 bits per heavy atom. The number of nitrogen functional groups attached to an aromatic ring is 1. The summed E-state index contributed by atoms with van der Waals surface area (Å²) in [5.74, 6) is -1.26. The van der Waals surface area contributed by atoms with E-state index in [0.29, 0.717) is 17.9 Å². The van der Waals surface area contributed by atoms with Crippen molar-refractivity contribution < 1.29 is 13.6 Å². The SMILES string of the molecule is CC1CCC(NC(=O)c2cc(N)c(F)cc2F)C(C)C1. The Balaban J connectivity index is 2.11. The molecule has 1 saturated carbocycles. The highest BCUT2D eigenvalue weighted by Crippen LogP contribution is 2.29. The molecule has 0 heterocycles. The molecule has 20 heavy (non-hydrogen) atoms. The summed E-state index contributed by atoms with van der Waals surface area (Å²) in [5, 5.41) is 2.84. The summed E-state index contributed by atoms with van der Waals surface area (Å²) in [7, 11) is 0. The molecule has 0 aromatic heterocycles. The minimum atomic E-state index is -0.883. The number of carbonyl (C=O) groups is 1. The maximum Gasteiger partial charge on any atom is 0.254 e. The minimum absolute atomic E-state index is 0.0318. The Morgan fingerprint density at radius 2 is 1.95 bits per heavy atom. The van der Waals surface area contributed by atoms with E-state index < -0.39 is 17.5 Å². The zero-order valence-corrected chi connectivity index (χ0v) is 11.7. The largest absolute Gasteiger partial charge is 0.396 e. The van der Waals surface area contributed by atoms with Crippen molar-refractivity contribution in [2.75, 3.05) is 5.73 Å². The first-order chi connectivity index (χ1) is 9.38. The third-order valence-corrected chi connectivity index (χ3v) is 4.08. The number of halogens is 2. The van der Waals surface area contributed by atoms with Crippen LogP contribution in [0.2, 0.25) is 0 Å². The summed E-state index contributed by atoms with van der Waals surface area (Å²) in [4.78, 5) is 12.1. The van der Waals surface area contributed by atoms with Crippen LogP contribution in [0.3, 0.4) is 0 Å².